The van der Waals surface area contributed by atoms with Crippen LogP contribution in [0.5, 0.6) is 0 Å². The van der Waals surface area contributed by atoms with E-state index in [0.717, 1.165) is 16.6 Å². The van der Waals surface area contributed by atoms with Crippen LogP contribution < -0.4 is 4.90 Å². The summed E-state index contributed by atoms with van der Waals surface area (Å²) in [5.41, 5.74) is 2.60. The van der Waals surface area contributed by atoms with Crippen molar-refractivity contribution in [3.63, 3.8) is 0 Å². The Morgan fingerprint density at radius 2 is 1.81 bits per heavy atom. The van der Waals surface area contributed by atoms with Crippen molar-refractivity contribution in [1.29, 1.82) is 0 Å². The number of fused-ring (bicyclic) bond motifs is 1. The Bertz CT molecular complexity index is 911. The van der Waals surface area contributed by atoms with Gasteiger partial charge < -0.3 is 4.90 Å². The number of carbonyl (C=O) groups is 1. The van der Waals surface area contributed by atoms with Crippen LogP contribution in [0.4, 0.5) is 9.52 Å². The number of thiazole rings is 1. The molecule has 0 radical (unpaired) electrons. The lowest BCUT2D eigenvalue weighted by Crippen LogP contribution is -2.36. The lowest BCUT2D eigenvalue weighted by atomic mass is 10.2. The van der Waals surface area contributed by atoms with E-state index in [4.69, 9.17) is 0 Å². The molecule has 1 heterocycles. The zero-order chi connectivity index (χ0) is 18.7. The molecular formula is C20H23ClFN3OS. The first-order chi connectivity index (χ1) is 12.5. The second kappa shape index (κ2) is 9.26. The SMILES string of the molecule is CCc1ccc2nc(N(CCN(C)C)C(=O)c3ccc(F)cc3)sc2c1.Cl. The van der Waals surface area contributed by atoms with Gasteiger partial charge in [0.25, 0.3) is 5.91 Å². The van der Waals surface area contributed by atoms with Gasteiger partial charge in [0.2, 0.25) is 0 Å². The van der Waals surface area contributed by atoms with Crippen LogP contribution in [0, 0.1) is 5.82 Å². The largest absolute Gasteiger partial charge is 0.308 e. The fourth-order valence-electron chi connectivity index (χ4n) is 2.62. The molecule has 2 aromatic carbocycles. The molecule has 7 heteroatoms. The molecule has 0 aliphatic carbocycles. The van der Waals surface area contributed by atoms with Crippen LogP contribution in [0.25, 0.3) is 10.2 Å². The number of hydrogen-bond acceptors (Lipinski definition) is 4. The Hall–Kier alpha value is -2.02. The molecule has 144 valence electrons. The van der Waals surface area contributed by atoms with Gasteiger partial charge in [-0.3, -0.25) is 9.69 Å². The first-order valence-electron chi connectivity index (χ1n) is 8.59. The van der Waals surface area contributed by atoms with Crippen LogP contribution in [0.1, 0.15) is 22.8 Å². The van der Waals surface area contributed by atoms with E-state index in [1.165, 1.54) is 41.2 Å². The van der Waals surface area contributed by atoms with Crippen molar-refractivity contribution in [3.05, 3.63) is 59.4 Å². The summed E-state index contributed by atoms with van der Waals surface area (Å²) in [5.74, 6) is -0.518. The highest BCUT2D eigenvalue weighted by molar-refractivity contribution is 7.22. The molecule has 3 rings (SSSR count). The fraction of sp³-hybridized carbons (Fsp3) is 0.300. The number of aryl methyl sites for hydroxylation is 1. The number of rotatable bonds is 6. The van der Waals surface area contributed by atoms with Crippen LogP contribution in [0.2, 0.25) is 0 Å². The van der Waals surface area contributed by atoms with Gasteiger partial charge in [0.15, 0.2) is 5.13 Å². The maximum absolute atomic E-state index is 13.2. The third-order valence-corrected chi connectivity index (χ3v) is 5.23. The van der Waals surface area contributed by atoms with Gasteiger partial charge in [-0.1, -0.05) is 24.3 Å². The molecular weight excluding hydrogens is 385 g/mol. The van der Waals surface area contributed by atoms with Crippen molar-refractivity contribution in [2.75, 3.05) is 32.1 Å². The molecule has 0 saturated heterocycles. The maximum atomic E-state index is 13.2. The second-order valence-corrected chi connectivity index (χ2v) is 7.43. The van der Waals surface area contributed by atoms with Gasteiger partial charge in [-0.05, 0) is 62.5 Å². The summed E-state index contributed by atoms with van der Waals surface area (Å²) >= 11 is 1.51. The smallest absolute Gasteiger partial charge is 0.260 e. The summed E-state index contributed by atoms with van der Waals surface area (Å²) in [4.78, 5) is 21.4. The van der Waals surface area contributed by atoms with Crippen LogP contribution in [-0.2, 0) is 6.42 Å². The minimum absolute atomic E-state index is 0. The number of aromatic nitrogens is 1. The maximum Gasteiger partial charge on any atom is 0.260 e. The third-order valence-electron chi connectivity index (χ3n) is 4.19. The molecule has 1 amide bonds. The van der Waals surface area contributed by atoms with E-state index in [1.54, 1.807) is 4.90 Å². The van der Waals surface area contributed by atoms with Gasteiger partial charge in [-0.2, -0.15) is 0 Å². The highest BCUT2D eigenvalue weighted by atomic mass is 35.5. The summed E-state index contributed by atoms with van der Waals surface area (Å²) in [6, 6.07) is 11.8. The number of amides is 1. The van der Waals surface area contributed by atoms with E-state index in [-0.39, 0.29) is 24.1 Å². The predicted molar refractivity (Wildman–Crippen MR) is 113 cm³/mol. The summed E-state index contributed by atoms with van der Waals surface area (Å²) in [6.45, 7) is 3.34. The molecule has 0 fully saturated rings. The Labute approximate surface area is 169 Å². The van der Waals surface area contributed by atoms with E-state index in [1.807, 2.05) is 25.1 Å². The van der Waals surface area contributed by atoms with Crippen molar-refractivity contribution < 1.29 is 9.18 Å². The number of anilines is 1. The number of likely N-dealkylation sites (N-methyl/N-ethyl adjacent to an activating group) is 1. The van der Waals surface area contributed by atoms with E-state index in [2.05, 4.69) is 24.0 Å². The molecule has 0 aliphatic rings. The Morgan fingerprint density at radius 3 is 2.44 bits per heavy atom. The standard InChI is InChI=1S/C20H22FN3OS.ClH/c1-4-14-5-10-17-18(13-14)26-20(22-17)24(12-11-23(2)3)19(25)15-6-8-16(21)9-7-15;/h5-10,13H,4,11-12H2,1-3H3;1H. The molecule has 3 aromatic rings. The third kappa shape index (κ3) is 5.03. The monoisotopic (exact) mass is 407 g/mol. The quantitative estimate of drug-likeness (QED) is 0.597. The van der Waals surface area contributed by atoms with Crippen molar-refractivity contribution in [3.8, 4) is 0 Å². The van der Waals surface area contributed by atoms with Crippen LogP contribution in [0.15, 0.2) is 42.5 Å². The van der Waals surface area contributed by atoms with Crippen molar-refractivity contribution in [1.82, 2.24) is 9.88 Å². The molecule has 0 aliphatic heterocycles. The summed E-state index contributed by atoms with van der Waals surface area (Å²) in [6.07, 6.45) is 0.960. The summed E-state index contributed by atoms with van der Waals surface area (Å²) < 4.78 is 14.3. The van der Waals surface area contributed by atoms with Crippen LogP contribution >= 0.6 is 23.7 Å². The minimum Gasteiger partial charge on any atom is -0.308 e. The average Bonchev–Trinajstić information content (AvgIpc) is 3.04. The van der Waals surface area contributed by atoms with Gasteiger partial charge in [0, 0.05) is 18.7 Å². The number of hydrogen-bond donors (Lipinski definition) is 0. The molecule has 0 atom stereocenters. The number of carbonyl (C=O) groups excluding carboxylic acids is 1. The number of halogens is 2. The van der Waals surface area contributed by atoms with Crippen LogP contribution in [0.3, 0.4) is 0 Å². The topological polar surface area (TPSA) is 36.4 Å². The number of nitrogens with zero attached hydrogens (tertiary/aromatic N) is 3. The van der Waals surface area contributed by atoms with E-state index >= 15 is 0 Å². The van der Waals surface area contributed by atoms with E-state index < -0.39 is 0 Å². The lowest BCUT2D eigenvalue weighted by Gasteiger charge is -2.22. The molecule has 0 N–H and O–H groups in total. The highest BCUT2D eigenvalue weighted by Crippen LogP contribution is 2.30. The summed E-state index contributed by atoms with van der Waals surface area (Å²) in [7, 11) is 3.93. The minimum atomic E-state index is -0.353. The highest BCUT2D eigenvalue weighted by Gasteiger charge is 2.21. The van der Waals surface area contributed by atoms with Gasteiger partial charge in [-0.15, -0.1) is 12.4 Å². The van der Waals surface area contributed by atoms with Gasteiger partial charge in [0.05, 0.1) is 10.2 Å². The first-order valence-corrected chi connectivity index (χ1v) is 9.41. The van der Waals surface area contributed by atoms with Crippen molar-refractivity contribution in [2.24, 2.45) is 0 Å². The Morgan fingerprint density at radius 1 is 1.11 bits per heavy atom. The number of benzene rings is 2. The molecule has 1 aromatic heterocycles. The lowest BCUT2D eigenvalue weighted by molar-refractivity contribution is 0.0985. The molecule has 0 bridgehead atoms. The predicted octanol–water partition coefficient (Wildman–Crippen LogP) is 4.63. The first kappa shape index (κ1) is 21.3. The zero-order valence-electron chi connectivity index (χ0n) is 15.6. The van der Waals surface area contributed by atoms with E-state index in [0.29, 0.717) is 23.8 Å². The zero-order valence-corrected chi connectivity index (χ0v) is 17.2. The summed E-state index contributed by atoms with van der Waals surface area (Å²) in [5, 5.41) is 0.671. The average molecular weight is 408 g/mol. The Balaban J connectivity index is 0.00000261. The van der Waals surface area contributed by atoms with Crippen LogP contribution in [-0.4, -0.2) is 43.0 Å². The Kier molecular flexibility index (Phi) is 7.30. The van der Waals surface area contributed by atoms with Crippen molar-refractivity contribution >= 4 is 45.0 Å². The molecule has 0 spiro atoms. The van der Waals surface area contributed by atoms with E-state index in [9.17, 15) is 9.18 Å². The fourth-order valence-corrected chi connectivity index (χ4v) is 3.68. The van der Waals surface area contributed by atoms with Crippen molar-refractivity contribution in [2.45, 2.75) is 13.3 Å². The molecule has 0 unspecified atom stereocenters. The van der Waals surface area contributed by atoms with Gasteiger partial charge >= 0.3 is 0 Å². The molecule has 27 heavy (non-hydrogen) atoms. The molecule has 4 nitrogen and oxygen atoms in total. The van der Waals surface area contributed by atoms with Gasteiger partial charge in [0.1, 0.15) is 5.82 Å². The normalized spacial score (nSPS) is 10.9. The second-order valence-electron chi connectivity index (χ2n) is 6.42. The van der Waals surface area contributed by atoms with Gasteiger partial charge in [-0.25, -0.2) is 9.37 Å². The molecule has 0 saturated carbocycles.